The van der Waals surface area contributed by atoms with Crippen molar-refractivity contribution in [2.24, 2.45) is 5.92 Å². The van der Waals surface area contributed by atoms with Crippen LogP contribution in [0.5, 0.6) is 0 Å². The van der Waals surface area contributed by atoms with Crippen LogP contribution in [0.1, 0.15) is 26.7 Å². The molecule has 1 fully saturated rings. The van der Waals surface area contributed by atoms with E-state index in [2.05, 4.69) is 21.3 Å². The maximum absolute atomic E-state index is 12.9. The van der Waals surface area contributed by atoms with E-state index >= 15 is 0 Å². The van der Waals surface area contributed by atoms with E-state index in [0.29, 0.717) is 6.42 Å². The number of nitrogens with one attached hydrogen (secondary N) is 4. The van der Waals surface area contributed by atoms with Crippen LogP contribution in [0.4, 0.5) is 0 Å². The SMILES string of the molecule is CC(C)[C@H]1NC(=O)C[C@H]2/C=C/CCSSC[C@@H](NC1=O)C(=O)NCC(=O)NCC(=O)O2. The predicted octanol–water partition coefficient (Wildman–Crippen LogP) is -0.499. The molecule has 2 aliphatic heterocycles. The van der Waals surface area contributed by atoms with Crippen molar-refractivity contribution in [2.75, 3.05) is 24.6 Å². The van der Waals surface area contributed by atoms with E-state index in [1.807, 2.05) is 6.08 Å². The zero-order valence-electron chi connectivity index (χ0n) is 17.5. The molecule has 10 nitrogen and oxygen atoms in total. The summed E-state index contributed by atoms with van der Waals surface area (Å²) in [6, 6.07) is -1.76. The van der Waals surface area contributed by atoms with Gasteiger partial charge in [-0.1, -0.05) is 41.5 Å². The Balaban J connectivity index is 2.36. The lowest BCUT2D eigenvalue weighted by atomic mass is 10.0. The molecule has 2 heterocycles. The predicted molar refractivity (Wildman–Crippen MR) is 118 cm³/mol. The summed E-state index contributed by atoms with van der Waals surface area (Å²) in [7, 11) is 2.96. The van der Waals surface area contributed by atoms with Gasteiger partial charge in [0.05, 0.1) is 13.0 Å². The fraction of sp³-hybridized carbons (Fsp3) is 0.632. The molecule has 0 saturated carbocycles. The molecule has 1 saturated heterocycles. The number of allylic oxidation sites excluding steroid dienone is 1. The molecule has 4 N–H and O–H groups in total. The van der Waals surface area contributed by atoms with Crippen LogP contribution in [0.2, 0.25) is 0 Å². The lowest BCUT2D eigenvalue weighted by Crippen LogP contribution is -2.57. The van der Waals surface area contributed by atoms with Crippen LogP contribution in [0, 0.1) is 5.92 Å². The summed E-state index contributed by atoms with van der Waals surface area (Å²) in [4.78, 5) is 62.1. The Kier molecular flexibility index (Phi) is 10.2. The van der Waals surface area contributed by atoms with Crippen LogP contribution in [-0.4, -0.2) is 72.4 Å². The molecule has 0 radical (unpaired) electrons. The van der Waals surface area contributed by atoms with E-state index in [1.165, 1.54) is 21.6 Å². The summed E-state index contributed by atoms with van der Waals surface area (Å²) in [5, 5.41) is 10.2. The second-order valence-electron chi connectivity index (χ2n) is 7.40. The third kappa shape index (κ3) is 8.82. The number of hydrogen-bond acceptors (Lipinski definition) is 8. The van der Waals surface area contributed by atoms with Crippen molar-refractivity contribution in [2.45, 2.75) is 44.9 Å². The van der Waals surface area contributed by atoms with Crippen LogP contribution < -0.4 is 21.3 Å². The molecule has 2 bridgehead atoms. The fourth-order valence-electron chi connectivity index (χ4n) is 2.82. The average Bonchev–Trinajstić information content (AvgIpc) is 2.71. The van der Waals surface area contributed by atoms with Crippen LogP contribution in [0.25, 0.3) is 0 Å². The number of hydrogen-bond donors (Lipinski definition) is 4. The van der Waals surface area contributed by atoms with Crippen LogP contribution >= 0.6 is 21.6 Å². The van der Waals surface area contributed by atoms with Gasteiger partial charge in [-0.3, -0.25) is 24.0 Å². The Labute approximate surface area is 188 Å². The molecule has 0 spiro atoms. The summed E-state index contributed by atoms with van der Waals surface area (Å²) in [6.45, 7) is 2.82. The van der Waals surface area contributed by atoms with E-state index < -0.39 is 47.8 Å². The van der Waals surface area contributed by atoms with Crippen molar-refractivity contribution in [3.63, 3.8) is 0 Å². The van der Waals surface area contributed by atoms with Gasteiger partial charge in [0.15, 0.2) is 0 Å². The average molecular weight is 473 g/mol. The zero-order chi connectivity index (χ0) is 22.8. The van der Waals surface area contributed by atoms with Gasteiger partial charge in [0.25, 0.3) is 0 Å². The number of amides is 4. The van der Waals surface area contributed by atoms with E-state index in [1.54, 1.807) is 19.9 Å². The first kappa shape index (κ1) is 25.1. The lowest BCUT2D eigenvalue weighted by molar-refractivity contribution is -0.148. The third-order valence-electron chi connectivity index (χ3n) is 4.46. The van der Waals surface area contributed by atoms with Gasteiger partial charge >= 0.3 is 5.97 Å². The van der Waals surface area contributed by atoms with E-state index in [0.717, 1.165) is 5.75 Å². The fourth-order valence-corrected chi connectivity index (χ4v) is 4.97. The normalized spacial score (nSPS) is 28.5. The molecule has 0 aliphatic carbocycles. The quantitative estimate of drug-likeness (QED) is 0.227. The molecule has 0 aromatic carbocycles. The molecular formula is C19H28N4O6S2. The molecule has 0 unspecified atom stereocenters. The Morgan fingerprint density at radius 1 is 0.968 bits per heavy atom. The highest BCUT2D eigenvalue weighted by Crippen LogP contribution is 2.23. The first-order chi connectivity index (χ1) is 14.8. The zero-order valence-corrected chi connectivity index (χ0v) is 19.1. The minimum Gasteiger partial charge on any atom is -0.456 e. The summed E-state index contributed by atoms with van der Waals surface area (Å²) >= 11 is 0. The van der Waals surface area contributed by atoms with E-state index in [9.17, 15) is 24.0 Å². The minimum absolute atomic E-state index is 0.168. The van der Waals surface area contributed by atoms with E-state index in [4.69, 9.17) is 4.74 Å². The van der Waals surface area contributed by atoms with Gasteiger partial charge in [-0.15, -0.1) is 0 Å². The molecule has 12 heteroatoms. The topological polar surface area (TPSA) is 143 Å². The van der Waals surface area contributed by atoms with Gasteiger partial charge in [-0.05, 0) is 18.4 Å². The Morgan fingerprint density at radius 3 is 2.48 bits per heavy atom. The smallest absolute Gasteiger partial charge is 0.326 e. The molecule has 4 amide bonds. The molecule has 3 atom stereocenters. The molecule has 0 aromatic rings. The molecule has 31 heavy (non-hydrogen) atoms. The second-order valence-corrected chi connectivity index (χ2v) is 10.0. The largest absolute Gasteiger partial charge is 0.456 e. The molecule has 172 valence electrons. The van der Waals surface area contributed by atoms with Gasteiger partial charge < -0.3 is 26.0 Å². The summed E-state index contributed by atoms with van der Waals surface area (Å²) in [6.07, 6.45) is 3.13. The van der Waals surface area contributed by atoms with Crippen molar-refractivity contribution in [3.05, 3.63) is 12.2 Å². The Bertz CT molecular complexity index is 730. The maximum atomic E-state index is 12.9. The highest BCUT2D eigenvalue weighted by molar-refractivity contribution is 8.76. The molecular weight excluding hydrogens is 444 g/mol. The third-order valence-corrected chi connectivity index (χ3v) is 6.90. The number of rotatable bonds is 1. The van der Waals surface area contributed by atoms with Crippen LogP contribution in [0.15, 0.2) is 12.2 Å². The highest BCUT2D eigenvalue weighted by Gasteiger charge is 2.30. The number of esters is 1. The molecule has 2 aliphatic rings. The highest BCUT2D eigenvalue weighted by atomic mass is 33.1. The number of ether oxygens (including phenoxy) is 1. The monoisotopic (exact) mass is 472 g/mol. The van der Waals surface area contributed by atoms with Crippen LogP contribution in [0.3, 0.4) is 0 Å². The number of carbonyl (C=O) groups excluding carboxylic acids is 5. The summed E-state index contributed by atoms with van der Waals surface area (Å²) < 4.78 is 5.33. The molecule has 2 rings (SSSR count). The van der Waals surface area contributed by atoms with Gasteiger partial charge in [0.2, 0.25) is 23.6 Å². The van der Waals surface area contributed by atoms with Gasteiger partial charge in [-0.25, -0.2) is 0 Å². The lowest BCUT2D eigenvalue weighted by Gasteiger charge is -2.26. The van der Waals surface area contributed by atoms with Crippen molar-refractivity contribution in [1.82, 2.24) is 21.3 Å². The Hall–Kier alpha value is -2.21. The van der Waals surface area contributed by atoms with E-state index in [-0.39, 0.29) is 31.2 Å². The molecule has 0 aromatic heterocycles. The van der Waals surface area contributed by atoms with Crippen LogP contribution in [-0.2, 0) is 28.7 Å². The minimum atomic E-state index is -0.887. The second kappa shape index (κ2) is 12.6. The standard InChI is InChI=1S/C19H28N4O6S2/c1-11(2)17-19(28)22-13-10-31-30-6-4-3-5-12(7-14(24)23-17)29-16(26)9-20-15(25)8-21-18(13)27/h3,5,11-13,17H,4,6-10H2,1-2H3,(H,20,25)(H,21,27)(H,22,28)(H,23,24)/b5-3+/t12-,13-,17-/m1/s1. The van der Waals surface area contributed by atoms with Crippen molar-refractivity contribution in [1.29, 1.82) is 0 Å². The maximum Gasteiger partial charge on any atom is 0.326 e. The number of fused-ring (bicyclic) bond motifs is 7. The van der Waals surface area contributed by atoms with Crippen molar-refractivity contribution < 1.29 is 28.7 Å². The number of carbonyl (C=O) groups is 5. The van der Waals surface area contributed by atoms with Crippen molar-refractivity contribution in [3.8, 4) is 0 Å². The van der Waals surface area contributed by atoms with Crippen molar-refractivity contribution >= 4 is 51.2 Å². The van der Waals surface area contributed by atoms with Gasteiger partial charge in [0, 0.05) is 11.5 Å². The first-order valence-electron chi connectivity index (χ1n) is 10.0. The summed E-state index contributed by atoms with van der Waals surface area (Å²) in [5.41, 5.74) is 0. The van der Waals surface area contributed by atoms with Gasteiger partial charge in [0.1, 0.15) is 24.7 Å². The van der Waals surface area contributed by atoms with Gasteiger partial charge in [-0.2, -0.15) is 0 Å². The first-order valence-corrected chi connectivity index (χ1v) is 12.5. The Morgan fingerprint density at radius 2 is 1.74 bits per heavy atom. The summed E-state index contributed by atoms with van der Waals surface area (Å²) in [5.74, 6) is -1.99.